The average molecular weight is 410 g/mol. The fourth-order valence-electron chi connectivity index (χ4n) is 2.15. The van der Waals surface area contributed by atoms with Crippen LogP contribution in [0.15, 0.2) is 30.3 Å². The lowest BCUT2D eigenvalue weighted by molar-refractivity contribution is 0.281. The van der Waals surface area contributed by atoms with Crippen LogP contribution in [0.4, 0.5) is 17.5 Å². The monoisotopic (exact) mass is 410 g/mol. The van der Waals surface area contributed by atoms with E-state index in [2.05, 4.69) is 49.3 Å². The van der Waals surface area contributed by atoms with E-state index in [1.54, 1.807) is 0 Å². The fourth-order valence-corrected chi connectivity index (χ4v) is 2.67. The zero-order valence-electron chi connectivity index (χ0n) is 12.4. The minimum absolute atomic E-state index is 0.0519. The number of benzene rings is 1. The first-order valence-corrected chi connectivity index (χ1v) is 8.51. The molecule has 0 aliphatic heterocycles. The Morgan fingerprint density at radius 1 is 1.32 bits per heavy atom. The van der Waals surface area contributed by atoms with E-state index in [9.17, 15) is 5.11 Å². The van der Waals surface area contributed by atoms with Crippen molar-refractivity contribution in [2.75, 3.05) is 17.2 Å². The number of hydrogen-bond donors (Lipinski definition) is 3. The number of nitrogens with one attached hydrogen (secondary N) is 2. The van der Waals surface area contributed by atoms with Gasteiger partial charge in [0.1, 0.15) is 5.82 Å². The zero-order chi connectivity index (χ0) is 15.5. The minimum Gasteiger partial charge on any atom is -0.394 e. The molecule has 0 unspecified atom stereocenters. The number of para-hydroxylation sites is 1. The molecular formula is C16H19IN4O. The van der Waals surface area contributed by atoms with Crippen molar-refractivity contribution in [2.24, 2.45) is 0 Å². The van der Waals surface area contributed by atoms with Gasteiger partial charge in [-0.1, -0.05) is 12.1 Å². The summed E-state index contributed by atoms with van der Waals surface area (Å²) in [7, 11) is 0. The molecule has 2 aromatic rings. The van der Waals surface area contributed by atoms with E-state index in [1.807, 2.05) is 31.2 Å². The molecule has 1 aromatic heterocycles. The average Bonchev–Trinajstić information content (AvgIpc) is 3.34. The molecule has 1 atom stereocenters. The Morgan fingerprint density at radius 3 is 2.77 bits per heavy atom. The number of hydrogen-bond acceptors (Lipinski definition) is 5. The largest absolute Gasteiger partial charge is 0.394 e. The number of nitrogens with zero attached hydrogens (tertiary/aromatic N) is 2. The zero-order valence-corrected chi connectivity index (χ0v) is 14.5. The Morgan fingerprint density at radius 2 is 2.09 bits per heavy atom. The van der Waals surface area contributed by atoms with Crippen molar-refractivity contribution in [2.45, 2.75) is 31.7 Å². The van der Waals surface area contributed by atoms with E-state index in [1.165, 1.54) is 12.8 Å². The highest BCUT2D eigenvalue weighted by Gasteiger charge is 2.26. The van der Waals surface area contributed by atoms with Crippen molar-refractivity contribution in [3.63, 3.8) is 0 Å². The van der Waals surface area contributed by atoms with Crippen LogP contribution in [0.3, 0.4) is 0 Å². The van der Waals surface area contributed by atoms with Crippen LogP contribution < -0.4 is 10.6 Å². The number of anilines is 3. The van der Waals surface area contributed by atoms with Gasteiger partial charge >= 0.3 is 0 Å². The maximum Gasteiger partial charge on any atom is 0.225 e. The molecular weight excluding hydrogens is 391 g/mol. The molecule has 0 spiro atoms. The quantitative estimate of drug-likeness (QED) is 0.637. The summed E-state index contributed by atoms with van der Waals surface area (Å²) < 4.78 is 1.14. The summed E-state index contributed by atoms with van der Waals surface area (Å²) in [6.45, 7) is 1.96. The third-order valence-corrected chi connectivity index (χ3v) is 4.47. The highest BCUT2D eigenvalue weighted by Crippen LogP contribution is 2.40. The third-order valence-electron chi connectivity index (χ3n) is 3.53. The molecule has 0 amide bonds. The van der Waals surface area contributed by atoms with Crippen LogP contribution in [-0.4, -0.2) is 27.7 Å². The number of rotatable bonds is 6. The smallest absolute Gasteiger partial charge is 0.225 e. The van der Waals surface area contributed by atoms with Crippen LogP contribution in [0.2, 0.25) is 0 Å². The molecule has 1 heterocycles. The standard InChI is InChI=1S/C16H19IN4O/c1-10(9-22)18-16-20-14(11-6-7-11)8-15(21-16)19-13-5-3-2-4-12(13)17/h2-5,8,10-11,22H,6-7,9H2,1H3,(H2,18,19,20,21)/t10-/m1/s1. The normalized spacial score (nSPS) is 15.4. The van der Waals surface area contributed by atoms with Crippen molar-refractivity contribution < 1.29 is 5.11 Å². The molecule has 5 nitrogen and oxygen atoms in total. The van der Waals surface area contributed by atoms with Gasteiger partial charge in [-0.25, -0.2) is 4.98 Å². The Labute approximate surface area is 143 Å². The number of aliphatic hydroxyl groups is 1. The van der Waals surface area contributed by atoms with Crippen molar-refractivity contribution in [3.8, 4) is 0 Å². The van der Waals surface area contributed by atoms with Crippen molar-refractivity contribution >= 4 is 40.0 Å². The Bertz CT molecular complexity index is 660. The molecule has 0 saturated heterocycles. The lowest BCUT2D eigenvalue weighted by atomic mass is 10.2. The summed E-state index contributed by atoms with van der Waals surface area (Å²) in [6.07, 6.45) is 2.38. The molecule has 0 bridgehead atoms. The second kappa shape index (κ2) is 6.78. The summed E-state index contributed by atoms with van der Waals surface area (Å²) in [5.74, 6) is 1.90. The maximum absolute atomic E-state index is 9.19. The van der Waals surface area contributed by atoms with Gasteiger partial charge in [0.05, 0.1) is 18.0 Å². The molecule has 1 aliphatic rings. The summed E-state index contributed by atoms with van der Waals surface area (Å²) >= 11 is 2.30. The van der Waals surface area contributed by atoms with Crippen LogP contribution in [0.5, 0.6) is 0 Å². The number of halogens is 1. The van der Waals surface area contributed by atoms with Gasteiger partial charge in [0.2, 0.25) is 5.95 Å². The maximum atomic E-state index is 9.19. The predicted molar refractivity (Wildman–Crippen MR) is 96.6 cm³/mol. The topological polar surface area (TPSA) is 70.1 Å². The predicted octanol–water partition coefficient (Wildman–Crippen LogP) is 3.49. The van der Waals surface area contributed by atoms with Crippen molar-refractivity contribution in [1.29, 1.82) is 0 Å². The van der Waals surface area contributed by atoms with Crippen molar-refractivity contribution in [1.82, 2.24) is 9.97 Å². The molecule has 22 heavy (non-hydrogen) atoms. The van der Waals surface area contributed by atoms with Gasteiger partial charge in [0.25, 0.3) is 0 Å². The van der Waals surface area contributed by atoms with Gasteiger partial charge in [0, 0.05) is 21.6 Å². The van der Waals surface area contributed by atoms with Crippen LogP contribution in [-0.2, 0) is 0 Å². The van der Waals surface area contributed by atoms with Crippen LogP contribution in [0, 0.1) is 3.57 Å². The van der Waals surface area contributed by atoms with Crippen LogP contribution >= 0.6 is 22.6 Å². The Kier molecular flexibility index (Phi) is 4.77. The van der Waals surface area contributed by atoms with Crippen molar-refractivity contribution in [3.05, 3.63) is 39.6 Å². The van der Waals surface area contributed by atoms with Gasteiger partial charge in [-0.2, -0.15) is 4.98 Å². The molecule has 3 rings (SSSR count). The molecule has 1 fully saturated rings. The summed E-state index contributed by atoms with van der Waals surface area (Å²) in [4.78, 5) is 9.09. The molecule has 3 N–H and O–H groups in total. The molecule has 1 saturated carbocycles. The molecule has 6 heteroatoms. The Balaban J connectivity index is 1.87. The third kappa shape index (κ3) is 3.86. The lowest BCUT2D eigenvalue weighted by Crippen LogP contribution is -2.21. The van der Waals surface area contributed by atoms with E-state index >= 15 is 0 Å². The summed E-state index contributed by atoms with van der Waals surface area (Å²) in [6, 6.07) is 10.1. The first-order chi connectivity index (χ1) is 10.7. The minimum atomic E-state index is -0.0702. The van der Waals surface area contributed by atoms with E-state index in [-0.39, 0.29) is 12.6 Å². The summed E-state index contributed by atoms with van der Waals surface area (Å²) in [5, 5.41) is 15.7. The fraction of sp³-hybridized carbons (Fsp3) is 0.375. The second-order valence-electron chi connectivity index (χ2n) is 5.61. The Hall–Kier alpha value is -1.41. The highest BCUT2D eigenvalue weighted by atomic mass is 127. The van der Waals surface area contributed by atoms with Gasteiger partial charge in [-0.3, -0.25) is 0 Å². The van der Waals surface area contributed by atoms with E-state index in [0.717, 1.165) is 20.8 Å². The van der Waals surface area contributed by atoms with Crippen LogP contribution in [0.25, 0.3) is 0 Å². The highest BCUT2D eigenvalue weighted by molar-refractivity contribution is 14.1. The first kappa shape index (κ1) is 15.5. The van der Waals surface area contributed by atoms with Gasteiger partial charge in [-0.15, -0.1) is 0 Å². The number of aromatic nitrogens is 2. The molecule has 1 aliphatic carbocycles. The van der Waals surface area contributed by atoms with Gasteiger partial charge in [-0.05, 0) is 54.5 Å². The molecule has 0 radical (unpaired) electrons. The van der Waals surface area contributed by atoms with E-state index < -0.39 is 0 Å². The van der Waals surface area contributed by atoms with E-state index in [4.69, 9.17) is 0 Å². The molecule has 1 aromatic carbocycles. The summed E-state index contributed by atoms with van der Waals surface area (Å²) in [5.41, 5.74) is 2.10. The number of aliphatic hydroxyl groups excluding tert-OH is 1. The van der Waals surface area contributed by atoms with Gasteiger partial charge in [0.15, 0.2) is 0 Å². The molecule has 116 valence electrons. The van der Waals surface area contributed by atoms with E-state index in [0.29, 0.717) is 11.9 Å². The second-order valence-corrected chi connectivity index (χ2v) is 6.77. The lowest BCUT2D eigenvalue weighted by Gasteiger charge is -2.14. The SMILES string of the molecule is C[C@H](CO)Nc1nc(Nc2ccccc2I)cc(C2CC2)n1. The van der Waals surface area contributed by atoms with Crippen LogP contribution in [0.1, 0.15) is 31.4 Å². The first-order valence-electron chi connectivity index (χ1n) is 7.43. The van der Waals surface area contributed by atoms with Gasteiger partial charge < -0.3 is 15.7 Å².